The molecule has 1 atom stereocenters. The summed E-state index contributed by atoms with van der Waals surface area (Å²) in [5.41, 5.74) is -0.886. The molecule has 1 rings (SSSR count). The van der Waals surface area contributed by atoms with Crippen molar-refractivity contribution in [2.24, 2.45) is 0 Å². The van der Waals surface area contributed by atoms with E-state index in [2.05, 4.69) is 0 Å². The molecule has 0 amide bonds. The van der Waals surface area contributed by atoms with E-state index in [9.17, 15) is 17.6 Å². The first-order chi connectivity index (χ1) is 6.84. The van der Waals surface area contributed by atoms with Crippen molar-refractivity contribution in [2.75, 3.05) is 6.61 Å². The molecule has 0 radical (unpaired) electrons. The lowest BCUT2D eigenvalue weighted by Gasteiger charge is -2.12. The fourth-order valence-corrected chi connectivity index (χ4v) is 1.17. The maximum Gasteiger partial charge on any atom is 0.416 e. The fourth-order valence-electron chi connectivity index (χ4n) is 1.17. The van der Waals surface area contributed by atoms with Gasteiger partial charge in [0.05, 0.1) is 5.56 Å². The minimum absolute atomic E-state index is 0.143. The van der Waals surface area contributed by atoms with Crippen molar-refractivity contribution in [3.63, 3.8) is 0 Å². The van der Waals surface area contributed by atoms with Gasteiger partial charge in [0.15, 0.2) is 0 Å². The molecule has 0 aliphatic heterocycles. The minimum atomic E-state index is -4.56. The summed E-state index contributed by atoms with van der Waals surface area (Å²) in [6.07, 6.45) is -4.56. The van der Waals surface area contributed by atoms with Crippen LogP contribution in [0.3, 0.4) is 0 Å². The van der Waals surface area contributed by atoms with Crippen LogP contribution in [0.25, 0.3) is 0 Å². The maximum absolute atomic E-state index is 12.9. The number of aliphatic hydroxyl groups is 1. The van der Waals surface area contributed by atoms with Gasteiger partial charge in [-0.15, -0.1) is 0 Å². The summed E-state index contributed by atoms with van der Waals surface area (Å²) in [5.74, 6) is -1.46. The highest BCUT2D eigenvalue weighted by Crippen LogP contribution is 2.31. The van der Waals surface area contributed by atoms with Crippen LogP contribution in [0.4, 0.5) is 17.6 Å². The first-order valence-corrected chi connectivity index (χ1v) is 4.33. The van der Waals surface area contributed by atoms with Gasteiger partial charge in [-0.25, -0.2) is 4.39 Å². The summed E-state index contributed by atoms with van der Waals surface area (Å²) in [6.45, 7) is 1.20. The van der Waals surface area contributed by atoms with Crippen molar-refractivity contribution in [2.45, 2.75) is 19.0 Å². The van der Waals surface area contributed by atoms with E-state index in [-0.39, 0.29) is 12.2 Å². The van der Waals surface area contributed by atoms with Gasteiger partial charge in [0.1, 0.15) is 5.82 Å². The highest BCUT2D eigenvalue weighted by molar-refractivity contribution is 5.29. The molecule has 0 spiro atoms. The van der Waals surface area contributed by atoms with Gasteiger partial charge in [0, 0.05) is 12.5 Å². The van der Waals surface area contributed by atoms with Crippen LogP contribution in [0.1, 0.15) is 24.0 Å². The van der Waals surface area contributed by atoms with Gasteiger partial charge >= 0.3 is 6.18 Å². The molecule has 0 bridgehead atoms. The van der Waals surface area contributed by atoms with Crippen LogP contribution in [0.2, 0.25) is 0 Å². The number of halogens is 4. The van der Waals surface area contributed by atoms with Crippen molar-refractivity contribution < 1.29 is 22.7 Å². The molecule has 0 fully saturated rings. The van der Waals surface area contributed by atoms with Gasteiger partial charge < -0.3 is 5.11 Å². The zero-order valence-corrected chi connectivity index (χ0v) is 7.98. The standard InChI is InChI=1S/C10H10F4O/c1-6(5-15)7-2-8(10(12,13)14)4-9(11)3-7/h2-4,6,15H,5H2,1H3. The summed E-state index contributed by atoms with van der Waals surface area (Å²) in [4.78, 5) is 0. The second kappa shape index (κ2) is 4.18. The minimum Gasteiger partial charge on any atom is -0.396 e. The first-order valence-electron chi connectivity index (χ1n) is 4.33. The molecule has 0 aromatic heterocycles. The van der Waals surface area contributed by atoms with Crippen LogP contribution in [0.15, 0.2) is 18.2 Å². The van der Waals surface area contributed by atoms with Crippen LogP contribution in [-0.2, 0) is 6.18 Å². The Morgan fingerprint density at radius 1 is 1.27 bits per heavy atom. The van der Waals surface area contributed by atoms with E-state index in [1.54, 1.807) is 0 Å². The van der Waals surface area contributed by atoms with Crippen molar-refractivity contribution in [1.29, 1.82) is 0 Å². The van der Waals surface area contributed by atoms with Gasteiger partial charge in [0.25, 0.3) is 0 Å². The lowest BCUT2D eigenvalue weighted by atomic mass is 9.99. The smallest absolute Gasteiger partial charge is 0.396 e. The van der Waals surface area contributed by atoms with Crippen molar-refractivity contribution in [1.82, 2.24) is 0 Å². The molecule has 0 saturated heterocycles. The third kappa shape index (κ3) is 2.92. The SMILES string of the molecule is CC(CO)c1cc(F)cc(C(F)(F)F)c1. The van der Waals surface area contributed by atoms with Gasteiger partial charge in [-0.3, -0.25) is 0 Å². The Kier molecular flexibility index (Phi) is 3.34. The summed E-state index contributed by atoms with van der Waals surface area (Å²) >= 11 is 0. The highest BCUT2D eigenvalue weighted by Gasteiger charge is 2.31. The molecular weight excluding hydrogens is 212 g/mol. The van der Waals surface area contributed by atoms with Crippen LogP contribution in [0.5, 0.6) is 0 Å². The highest BCUT2D eigenvalue weighted by atomic mass is 19.4. The predicted octanol–water partition coefficient (Wildman–Crippen LogP) is 2.94. The van der Waals surface area contributed by atoms with E-state index in [0.717, 1.165) is 12.1 Å². The average Bonchev–Trinajstić information content (AvgIpc) is 2.14. The molecule has 1 unspecified atom stereocenters. The molecule has 15 heavy (non-hydrogen) atoms. The van der Waals surface area contributed by atoms with Crippen molar-refractivity contribution in [3.8, 4) is 0 Å². The largest absolute Gasteiger partial charge is 0.416 e. The molecule has 1 aromatic carbocycles. The van der Waals surface area contributed by atoms with E-state index in [0.29, 0.717) is 6.07 Å². The fraction of sp³-hybridized carbons (Fsp3) is 0.400. The van der Waals surface area contributed by atoms with E-state index < -0.39 is 23.5 Å². The number of hydrogen-bond donors (Lipinski definition) is 1. The van der Waals surface area contributed by atoms with Crippen LogP contribution in [0, 0.1) is 5.82 Å². The number of hydrogen-bond acceptors (Lipinski definition) is 1. The Morgan fingerprint density at radius 2 is 1.87 bits per heavy atom. The number of rotatable bonds is 2. The lowest BCUT2D eigenvalue weighted by Crippen LogP contribution is -2.08. The van der Waals surface area contributed by atoms with Gasteiger partial charge in [0.2, 0.25) is 0 Å². The lowest BCUT2D eigenvalue weighted by molar-refractivity contribution is -0.137. The molecular formula is C10H10F4O. The molecule has 1 N–H and O–H groups in total. The number of benzene rings is 1. The van der Waals surface area contributed by atoms with Gasteiger partial charge in [-0.1, -0.05) is 6.92 Å². The molecule has 0 heterocycles. The molecule has 84 valence electrons. The summed E-state index contributed by atoms with van der Waals surface area (Å²) in [5, 5.41) is 8.77. The third-order valence-electron chi connectivity index (χ3n) is 2.09. The molecule has 0 aliphatic rings. The van der Waals surface area contributed by atoms with Crippen LogP contribution < -0.4 is 0 Å². The first kappa shape index (κ1) is 12.0. The average molecular weight is 222 g/mol. The molecule has 0 saturated carbocycles. The summed E-state index contributed by atoms with van der Waals surface area (Å²) in [6, 6.07) is 2.29. The zero-order chi connectivity index (χ0) is 11.6. The Labute approximate surface area is 84.3 Å². The van der Waals surface area contributed by atoms with E-state index >= 15 is 0 Å². The van der Waals surface area contributed by atoms with Gasteiger partial charge in [-0.2, -0.15) is 13.2 Å². The topological polar surface area (TPSA) is 20.2 Å². The monoisotopic (exact) mass is 222 g/mol. The number of alkyl halides is 3. The predicted molar refractivity (Wildman–Crippen MR) is 46.9 cm³/mol. The Bertz CT molecular complexity index is 346. The Hall–Kier alpha value is -1.10. The normalized spacial score (nSPS) is 14.0. The van der Waals surface area contributed by atoms with Crippen molar-refractivity contribution in [3.05, 3.63) is 35.1 Å². The number of aliphatic hydroxyl groups excluding tert-OH is 1. The van der Waals surface area contributed by atoms with E-state index in [1.807, 2.05) is 0 Å². The summed E-state index contributed by atoms with van der Waals surface area (Å²) in [7, 11) is 0. The summed E-state index contributed by atoms with van der Waals surface area (Å²) < 4.78 is 49.7. The second-order valence-corrected chi connectivity index (χ2v) is 3.35. The van der Waals surface area contributed by atoms with E-state index in [4.69, 9.17) is 5.11 Å². The van der Waals surface area contributed by atoms with Gasteiger partial charge in [-0.05, 0) is 23.8 Å². The third-order valence-corrected chi connectivity index (χ3v) is 2.09. The zero-order valence-electron chi connectivity index (χ0n) is 7.98. The van der Waals surface area contributed by atoms with Crippen molar-refractivity contribution >= 4 is 0 Å². The molecule has 5 heteroatoms. The van der Waals surface area contributed by atoms with E-state index in [1.165, 1.54) is 6.92 Å². The molecule has 0 aliphatic carbocycles. The Balaban J connectivity index is 3.17. The quantitative estimate of drug-likeness (QED) is 0.763. The maximum atomic E-state index is 12.9. The molecule has 1 aromatic rings. The second-order valence-electron chi connectivity index (χ2n) is 3.35. The van der Waals surface area contributed by atoms with Crippen LogP contribution in [-0.4, -0.2) is 11.7 Å². The Morgan fingerprint density at radius 3 is 2.33 bits per heavy atom. The molecule has 1 nitrogen and oxygen atoms in total. The van der Waals surface area contributed by atoms with Crippen LogP contribution >= 0.6 is 0 Å².